The molecule has 1 aliphatic heterocycles. The first kappa shape index (κ1) is 16.9. The predicted molar refractivity (Wildman–Crippen MR) is 101 cm³/mol. The van der Waals surface area contributed by atoms with E-state index in [0.717, 1.165) is 41.9 Å². The first-order valence-corrected chi connectivity index (χ1v) is 9.00. The van der Waals surface area contributed by atoms with Crippen LogP contribution in [0.3, 0.4) is 0 Å². The van der Waals surface area contributed by atoms with Crippen molar-refractivity contribution in [2.75, 3.05) is 26.2 Å². The topological polar surface area (TPSA) is 47.3 Å². The van der Waals surface area contributed by atoms with E-state index in [4.69, 9.17) is 5.26 Å². The number of rotatable bonds is 3. The molecule has 1 heterocycles. The van der Waals surface area contributed by atoms with Gasteiger partial charge in [0.2, 0.25) is 0 Å². The van der Waals surface area contributed by atoms with Crippen LogP contribution in [0.15, 0.2) is 48.5 Å². The molecule has 0 unspecified atom stereocenters. The Kier molecular flexibility index (Phi) is 5.48. The first-order valence-electron chi connectivity index (χ1n) is 7.92. The van der Waals surface area contributed by atoms with E-state index >= 15 is 0 Å². The molecule has 0 aromatic heterocycles. The molecule has 0 radical (unpaired) electrons. The molecule has 3 rings (SSSR count). The summed E-state index contributed by atoms with van der Waals surface area (Å²) in [5.41, 5.74) is 2.68. The number of piperazine rings is 1. The van der Waals surface area contributed by atoms with Gasteiger partial charge in [-0.15, -0.1) is 0 Å². The van der Waals surface area contributed by atoms with E-state index in [1.165, 1.54) is 5.56 Å². The van der Waals surface area contributed by atoms with Gasteiger partial charge < -0.3 is 4.90 Å². The lowest BCUT2D eigenvalue weighted by atomic mass is 10.1. The molecule has 0 saturated carbocycles. The quantitative estimate of drug-likeness (QED) is 0.702. The average Bonchev–Trinajstić information content (AvgIpc) is 2.63. The van der Waals surface area contributed by atoms with Crippen molar-refractivity contribution in [2.24, 2.45) is 0 Å². The Morgan fingerprint density at radius 1 is 1.04 bits per heavy atom. The second-order valence-electron chi connectivity index (χ2n) is 5.86. The van der Waals surface area contributed by atoms with Gasteiger partial charge in [0.15, 0.2) is 0 Å². The van der Waals surface area contributed by atoms with E-state index in [-0.39, 0.29) is 5.91 Å². The van der Waals surface area contributed by atoms with Crippen LogP contribution in [0.2, 0.25) is 0 Å². The minimum atomic E-state index is 0.123. The molecule has 1 fully saturated rings. The minimum Gasteiger partial charge on any atom is -0.336 e. The highest BCUT2D eigenvalue weighted by atomic mass is 127. The Morgan fingerprint density at radius 2 is 1.71 bits per heavy atom. The Bertz CT molecular complexity index is 759. The monoisotopic (exact) mass is 431 g/mol. The van der Waals surface area contributed by atoms with Gasteiger partial charge in [-0.3, -0.25) is 9.69 Å². The zero-order valence-corrected chi connectivity index (χ0v) is 15.4. The molecular formula is C19H18IN3O. The molecule has 1 aliphatic rings. The summed E-state index contributed by atoms with van der Waals surface area (Å²) in [5, 5.41) is 8.85. The summed E-state index contributed by atoms with van der Waals surface area (Å²) in [5.74, 6) is 0.123. The number of nitrogens with zero attached hydrogens (tertiary/aromatic N) is 3. The molecule has 24 heavy (non-hydrogen) atoms. The van der Waals surface area contributed by atoms with Crippen molar-refractivity contribution < 1.29 is 4.79 Å². The van der Waals surface area contributed by atoms with Crippen LogP contribution in [0, 0.1) is 14.9 Å². The molecule has 5 heteroatoms. The van der Waals surface area contributed by atoms with Gasteiger partial charge in [-0.25, -0.2) is 0 Å². The standard InChI is InChI=1S/C19H18IN3O/c20-18-4-2-1-3-17(18)19(24)23-11-9-22(10-12-23)14-16-7-5-15(13-21)6-8-16/h1-8H,9-12,14H2. The number of nitriles is 1. The maximum atomic E-state index is 12.6. The van der Waals surface area contributed by atoms with Crippen LogP contribution in [-0.2, 0) is 6.54 Å². The lowest BCUT2D eigenvalue weighted by Crippen LogP contribution is -2.48. The summed E-state index contributed by atoms with van der Waals surface area (Å²) in [6, 6.07) is 17.6. The third-order valence-electron chi connectivity index (χ3n) is 4.25. The van der Waals surface area contributed by atoms with Crippen LogP contribution in [-0.4, -0.2) is 41.9 Å². The van der Waals surface area contributed by atoms with E-state index in [0.29, 0.717) is 5.56 Å². The van der Waals surface area contributed by atoms with E-state index in [2.05, 4.69) is 33.6 Å². The Labute approximate surface area is 155 Å². The second-order valence-corrected chi connectivity index (χ2v) is 7.02. The van der Waals surface area contributed by atoms with Crippen molar-refractivity contribution in [3.63, 3.8) is 0 Å². The number of amides is 1. The van der Waals surface area contributed by atoms with Gasteiger partial charge in [-0.1, -0.05) is 24.3 Å². The number of hydrogen-bond donors (Lipinski definition) is 0. The SMILES string of the molecule is N#Cc1ccc(CN2CCN(C(=O)c3ccccc3I)CC2)cc1. The van der Waals surface area contributed by atoms with Gasteiger partial charge >= 0.3 is 0 Å². The molecule has 122 valence electrons. The molecule has 0 aliphatic carbocycles. The summed E-state index contributed by atoms with van der Waals surface area (Å²) >= 11 is 2.22. The van der Waals surface area contributed by atoms with E-state index in [9.17, 15) is 4.79 Å². The van der Waals surface area contributed by atoms with Crippen molar-refractivity contribution in [3.05, 3.63) is 68.8 Å². The highest BCUT2D eigenvalue weighted by Gasteiger charge is 2.23. The van der Waals surface area contributed by atoms with Gasteiger partial charge in [0.25, 0.3) is 5.91 Å². The van der Waals surface area contributed by atoms with E-state index in [1.807, 2.05) is 53.4 Å². The number of hydrogen-bond acceptors (Lipinski definition) is 3. The summed E-state index contributed by atoms with van der Waals surface area (Å²) in [4.78, 5) is 16.9. The molecule has 0 bridgehead atoms. The van der Waals surface area contributed by atoms with Gasteiger partial charge in [0.05, 0.1) is 17.2 Å². The number of carbonyl (C=O) groups is 1. The Morgan fingerprint density at radius 3 is 2.33 bits per heavy atom. The largest absolute Gasteiger partial charge is 0.336 e. The van der Waals surface area contributed by atoms with Gasteiger partial charge in [-0.2, -0.15) is 5.26 Å². The predicted octanol–water partition coefficient (Wildman–Crippen LogP) is 3.12. The van der Waals surface area contributed by atoms with Gasteiger partial charge in [0.1, 0.15) is 0 Å². The lowest BCUT2D eigenvalue weighted by molar-refractivity contribution is 0.0627. The highest BCUT2D eigenvalue weighted by Crippen LogP contribution is 2.16. The van der Waals surface area contributed by atoms with Crippen molar-refractivity contribution in [1.29, 1.82) is 5.26 Å². The molecule has 2 aromatic rings. The number of carbonyl (C=O) groups excluding carboxylic acids is 1. The average molecular weight is 431 g/mol. The van der Waals surface area contributed by atoms with Crippen LogP contribution in [0.4, 0.5) is 0 Å². The fourth-order valence-electron chi connectivity index (χ4n) is 2.86. The zero-order chi connectivity index (χ0) is 16.9. The maximum Gasteiger partial charge on any atom is 0.255 e. The van der Waals surface area contributed by atoms with Crippen LogP contribution >= 0.6 is 22.6 Å². The number of benzene rings is 2. The third kappa shape index (κ3) is 3.94. The summed E-state index contributed by atoms with van der Waals surface area (Å²) in [6.45, 7) is 4.10. The molecular weight excluding hydrogens is 413 g/mol. The first-order chi connectivity index (χ1) is 11.7. The smallest absolute Gasteiger partial charge is 0.255 e. The third-order valence-corrected chi connectivity index (χ3v) is 5.19. The highest BCUT2D eigenvalue weighted by molar-refractivity contribution is 14.1. The molecule has 0 spiro atoms. The summed E-state index contributed by atoms with van der Waals surface area (Å²) in [7, 11) is 0. The molecule has 1 saturated heterocycles. The van der Waals surface area contributed by atoms with Gasteiger partial charge in [-0.05, 0) is 52.4 Å². The van der Waals surface area contributed by atoms with Crippen molar-refractivity contribution in [1.82, 2.24) is 9.80 Å². The van der Waals surface area contributed by atoms with Gasteiger partial charge in [0, 0.05) is 36.3 Å². The Hall–Kier alpha value is -1.91. The summed E-state index contributed by atoms with van der Waals surface area (Å²) < 4.78 is 1.00. The van der Waals surface area contributed by atoms with Crippen LogP contribution < -0.4 is 0 Å². The van der Waals surface area contributed by atoms with E-state index in [1.54, 1.807) is 0 Å². The molecule has 4 nitrogen and oxygen atoms in total. The fourth-order valence-corrected chi connectivity index (χ4v) is 3.48. The lowest BCUT2D eigenvalue weighted by Gasteiger charge is -2.35. The van der Waals surface area contributed by atoms with Crippen molar-refractivity contribution in [2.45, 2.75) is 6.54 Å². The van der Waals surface area contributed by atoms with E-state index < -0.39 is 0 Å². The fraction of sp³-hybridized carbons (Fsp3) is 0.263. The molecule has 0 N–H and O–H groups in total. The molecule has 1 amide bonds. The van der Waals surface area contributed by atoms with Crippen LogP contribution in [0.25, 0.3) is 0 Å². The molecule has 0 atom stereocenters. The normalized spacial score (nSPS) is 15.1. The molecule has 2 aromatic carbocycles. The Balaban J connectivity index is 1.56. The van der Waals surface area contributed by atoms with Crippen LogP contribution in [0.1, 0.15) is 21.5 Å². The van der Waals surface area contributed by atoms with Crippen LogP contribution in [0.5, 0.6) is 0 Å². The summed E-state index contributed by atoms with van der Waals surface area (Å²) in [6.07, 6.45) is 0. The second kappa shape index (κ2) is 7.77. The van der Waals surface area contributed by atoms with Crippen molar-refractivity contribution >= 4 is 28.5 Å². The van der Waals surface area contributed by atoms with Crippen molar-refractivity contribution in [3.8, 4) is 6.07 Å². The number of halogens is 1. The zero-order valence-electron chi connectivity index (χ0n) is 13.3. The maximum absolute atomic E-state index is 12.6. The minimum absolute atomic E-state index is 0.123.